The smallest absolute Gasteiger partial charge is 0.338 e. The Balaban J connectivity index is 1.97. The summed E-state index contributed by atoms with van der Waals surface area (Å²) in [5.74, 6) is -0.471. The van der Waals surface area contributed by atoms with E-state index in [0.29, 0.717) is 20.6 Å². The van der Waals surface area contributed by atoms with Gasteiger partial charge in [0.1, 0.15) is 6.04 Å². The Morgan fingerprint density at radius 3 is 2.82 bits per heavy atom. The van der Waals surface area contributed by atoms with Gasteiger partial charge in [-0.25, -0.2) is 9.79 Å². The lowest BCUT2D eigenvalue weighted by Gasteiger charge is -2.22. The fourth-order valence-electron chi connectivity index (χ4n) is 3.16. The van der Waals surface area contributed by atoms with Crippen LogP contribution in [0.15, 0.2) is 67.3 Å². The normalized spacial score (nSPS) is 16.7. The number of carbonyl (C=O) groups excluding carboxylic acids is 1. The number of hydrogen-bond donors (Lipinski definition) is 0. The van der Waals surface area contributed by atoms with Crippen molar-refractivity contribution in [1.29, 1.82) is 0 Å². The van der Waals surface area contributed by atoms with Crippen molar-refractivity contribution in [2.75, 3.05) is 7.11 Å². The molecular formula is C20H15BrN2O3S2. The standard InChI is InChI=1S/C20H15BrN2O3S2/c1-11-16(19(25)26-2)17(14-7-4-8-27-14)23-18(24)15(28-20(23)22-11)10-12-5-3-6-13(21)9-12/h3-10,17H,1-2H3/t17-/m1/s1. The first-order valence-electron chi connectivity index (χ1n) is 8.39. The van der Waals surface area contributed by atoms with Gasteiger partial charge in [-0.15, -0.1) is 11.3 Å². The fourth-order valence-corrected chi connectivity index (χ4v) is 5.44. The zero-order valence-electron chi connectivity index (χ0n) is 15.0. The topological polar surface area (TPSA) is 60.7 Å². The van der Waals surface area contributed by atoms with E-state index in [9.17, 15) is 9.59 Å². The van der Waals surface area contributed by atoms with Gasteiger partial charge in [0.05, 0.1) is 22.9 Å². The minimum atomic E-state index is -0.534. The Morgan fingerprint density at radius 2 is 2.14 bits per heavy atom. The summed E-state index contributed by atoms with van der Waals surface area (Å²) < 4.78 is 8.08. The molecule has 2 aromatic heterocycles. The Hall–Kier alpha value is -2.29. The predicted octanol–water partition coefficient (Wildman–Crippen LogP) is 3.23. The van der Waals surface area contributed by atoms with Gasteiger partial charge in [-0.1, -0.05) is 45.5 Å². The van der Waals surface area contributed by atoms with Crippen LogP contribution in [0.2, 0.25) is 0 Å². The van der Waals surface area contributed by atoms with Gasteiger partial charge in [-0.2, -0.15) is 0 Å². The molecule has 142 valence electrons. The highest BCUT2D eigenvalue weighted by Crippen LogP contribution is 2.32. The predicted molar refractivity (Wildman–Crippen MR) is 114 cm³/mol. The maximum atomic E-state index is 13.3. The quantitative estimate of drug-likeness (QED) is 0.547. The van der Waals surface area contributed by atoms with E-state index in [1.54, 1.807) is 11.5 Å². The number of thiazole rings is 1. The lowest BCUT2D eigenvalue weighted by atomic mass is 10.0. The number of esters is 1. The van der Waals surface area contributed by atoms with Crippen molar-refractivity contribution in [3.63, 3.8) is 0 Å². The maximum absolute atomic E-state index is 13.3. The van der Waals surface area contributed by atoms with Crippen LogP contribution < -0.4 is 14.9 Å². The van der Waals surface area contributed by atoms with Crippen LogP contribution in [0.1, 0.15) is 23.4 Å². The van der Waals surface area contributed by atoms with Crippen molar-refractivity contribution >= 4 is 50.6 Å². The number of allylic oxidation sites excluding steroid dienone is 1. The summed E-state index contributed by atoms with van der Waals surface area (Å²) in [4.78, 5) is 31.8. The number of aromatic nitrogens is 1. The molecule has 1 aromatic carbocycles. The van der Waals surface area contributed by atoms with E-state index in [2.05, 4.69) is 20.9 Å². The molecule has 0 amide bonds. The second kappa shape index (κ2) is 7.62. The number of carbonyl (C=O) groups is 1. The maximum Gasteiger partial charge on any atom is 0.338 e. The van der Waals surface area contributed by atoms with Gasteiger partial charge in [0, 0.05) is 9.35 Å². The highest BCUT2D eigenvalue weighted by Gasteiger charge is 2.33. The third kappa shape index (κ3) is 3.32. The molecule has 3 heterocycles. The van der Waals surface area contributed by atoms with Gasteiger partial charge < -0.3 is 4.74 Å². The van der Waals surface area contributed by atoms with Gasteiger partial charge >= 0.3 is 5.97 Å². The number of nitrogens with zero attached hydrogens (tertiary/aromatic N) is 2. The van der Waals surface area contributed by atoms with Gasteiger partial charge in [0.2, 0.25) is 0 Å². The van der Waals surface area contributed by atoms with Crippen LogP contribution in [0, 0.1) is 0 Å². The Labute approximate surface area is 177 Å². The molecule has 5 nitrogen and oxygen atoms in total. The van der Waals surface area contributed by atoms with Gasteiger partial charge in [0.15, 0.2) is 4.80 Å². The van der Waals surface area contributed by atoms with E-state index >= 15 is 0 Å². The van der Waals surface area contributed by atoms with Crippen LogP contribution in [-0.4, -0.2) is 17.6 Å². The van der Waals surface area contributed by atoms with Crippen LogP contribution in [0.3, 0.4) is 0 Å². The molecule has 8 heteroatoms. The summed E-state index contributed by atoms with van der Waals surface area (Å²) in [7, 11) is 1.34. The molecule has 0 saturated heterocycles. The molecule has 1 atom stereocenters. The molecule has 1 aliphatic heterocycles. The third-order valence-corrected chi connectivity index (χ3v) is 6.79. The van der Waals surface area contributed by atoms with Crippen LogP contribution in [-0.2, 0) is 9.53 Å². The molecule has 0 unspecified atom stereocenters. The van der Waals surface area contributed by atoms with Crippen molar-refractivity contribution in [3.05, 3.63) is 87.6 Å². The molecule has 0 bridgehead atoms. The van der Waals surface area contributed by atoms with E-state index in [1.165, 1.54) is 29.8 Å². The summed E-state index contributed by atoms with van der Waals surface area (Å²) in [6, 6.07) is 11.0. The SMILES string of the molecule is COC(=O)C1=C(C)N=c2sc(=Cc3cccc(Br)c3)c(=O)n2[C@@H]1c1cccs1. The van der Waals surface area contributed by atoms with Gasteiger partial charge in [-0.3, -0.25) is 9.36 Å². The first-order valence-corrected chi connectivity index (χ1v) is 10.9. The van der Waals surface area contributed by atoms with Crippen molar-refractivity contribution in [3.8, 4) is 0 Å². The number of methoxy groups -OCH3 is 1. The molecule has 0 radical (unpaired) electrons. The van der Waals surface area contributed by atoms with Crippen LogP contribution in [0.5, 0.6) is 0 Å². The zero-order chi connectivity index (χ0) is 19.8. The minimum absolute atomic E-state index is 0.170. The van der Waals surface area contributed by atoms with E-state index in [0.717, 1.165) is 14.9 Å². The first-order chi connectivity index (χ1) is 13.5. The number of hydrogen-bond acceptors (Lipinski definition) is 6. The average molecular weight is 475 g/mol. The van der Waals surface area contributed by atoms with Crippen molar-refractivity contribution in [2.45, 2.75) is 13.0 Å². The lowest BCUT2D eigenvalue weighted by molar-refractivity contribution is -0.136. The molecule has 0 fully saturated rings. The Kier molecular flexibility index (Phi) is 5.18. The van der Waals surface area contributed by atoms with E-state index in [4.69, 9.17) is 4.74 Å². The highest BCUT2D eigenvalue weighted by atomic mass is 79.9. The van der Waals surface area contributed by atoms with Crippen molar-refractivity contribution in [1.82, 2.24) is 4.57 Å². The molecule has 0 N–H and O–H groups in total. The van der Waals surface area contributed by atoms with Crippen LogP contribution >= 0.6 is 38.6 Å². The van der Waals surface area contributed by atoms with Crippen LogP contribution in [0.25, 0.3) is 6.08 Å². The summed E-state index contributed by atoms with van der Waals surface area (Å²) >= 11 is 6.27. The molecule has 0 aliphatic carbocycles. The number of rotatable bonds is 3. The first kappa shape index (κ1) is 19.0. The van der Waals surface area contributed by atoms with Gasteiger partial charge in [0.25, 0.3) is 5.56 Å². The summed E-state index contributed by atoms with van der Waals surface area (Å²) in [6.45, 7) is 1.78. The summed E-state index contributed by atoms with van der Waals surface area (Å²) in [6.07, 6.45) is 1.84. The number of fused-ring (bicyclic) bond motifs is 1. The number of ether oxygens (including phenoxy) is 1. The van der Waals surface area contributed by atoms with E-state index < -0.39 is 12.0 Å². The second-order valence-corrected chi connectivity index (χ2v) is 9.05. The third-order valence-electron chi connectivity index (χ3n) is 4.39. The molecule has 3 aromatic rings. The second-order valence-electron chi connectivity index (χ2n) is 6.14. The molecular weight excluding hydrogens is 460 g/mol. The largest absolute Gasteiger partial charge is 0.466 e. The molecule has 1 aliphatic rings. The van der Waals surface area contributed by atoms with E-state index in [-0.39, 0.29) is 5.56 Å². The highest BCUT2D eigenvalue weighted by molar-refractivity contribution is 9.10. The average Bonchev–Trinajstić information content (AvgIpc) is 3.29. The molecule has 28 heavy (non-hydrogen) atoms. The lowest BCUT2D eigenvalue weighted by Crippen LogP contribution is -2.39. The number of thiophene rings is 1. The number of halogens is 1. The molecule has 0 saturated carbocycles. The Morgan fingerprint density at radius 1 is 1.32 bits per heavy atom. The van der Waals surface area contributed by atoms with Gasteiger partial charge in [-0.05, 0) is 42.1 Å². The minimum Gasteiger partial charge on any atom is -0.466 e. The van der Waals surface area contributed by atoms with E-state index in [1.807, 2.05) is 47.9 Å². The monoisotopic (exact) mass is 474 g/mol. The van der Waals surface area contributed by atoms with Crippen molar-refractivity contribution < 1.29 is 9.53 Å². The summed E-state index contributed by atoms with van der Waals surface area (Å²) in [5.41, 5.74) is 1.71. The summed E-state index contributed by atoms with van der Waals surface area (Å²) in [5, 5.41) is 1.93. The van der Waals surface area contributed by atoms with Crippen LogP contribution in [0.4, 0.5) is 0 Å². The Bertz CT molecular complexity index is 1270. The number of benzene rings is 1. The molecule has 4 rings (SSSR count). The fraction of sp³-hybridized carbons (Fsp3) is 0.150. The molecule has 0 spiro atoms. The zero-order valence-corrected chi connectivity index (χ0v) is 18.2. The van der Waals surface area contributed by atoms with Crippen molar-refractivity contribution in [2.24, 2.45) is 4.99 Å².